The van der Waals surface area contributed by atoms with Gasteiger partial charge in [0.05, 0.1) is 19.9 Å². The van der Waals surface area contributed by atoms with E-state index in [9.17, 15) is 0 Å². The summed E-state index contributed by atoms with van der Waals surface area (Å²) in [5.41, 5.74) is 4.02. The third-order valence-corrected chi connectivity index (χ3v) is 4.16. The van der Waals surface area contributed by atoms with Crippen molar-refractivity contribution in [3.63, 3.8) is 0 Å². The van der Waals surface area contributed by atoms with Gasteiger partial charge in [-0.3, -0.25) is 5.43 Å². The van der Waals surface area contributed by atoms with Crippen LogP contribution in [0.1, 0.15) is 5.82 Å². The zero-order chi connectivity index (χ0) is 18.5. The van der Waals surface area contributed by atoms with E-state index in [0.717, 1.165) is 37.6 Å². The summed E-state index contributed by atoms with van der Waals surface area (Å²) < 4.78 is 10.6. The monoisotopic (exact) mass is 359 g/mol. The summed E-state index contributed by atoms with van der Waals surface area (Å²) in [6, 6.07) is 5.52. The third-order valence-electron chi connectivity index (χ3n) is 4.16. The van der Waals surface area contributed by atoms with Gasteiger partial charge in [-0.15, -0.1) is 0 Å². The molecule has 9 heteroatoms. The van der Waals surface area contributed by atoms with Crippen LogP contribution in [-0.4, -0.2) is 72.3 Å². The lowest BCUT2D eigenvalue weighted by Crippen LogP contribution is -2.47. The topological polar surface area (TPSA) is 87.7 Å². The molecule has 0 saturated carbocycles. The summed E-state index contributed by atoms with van der Waals surface area (Å²) in [5.74, 6) is 2.98. The molecule has 2 N–H and O–H groups in total. The van der Waals surface area contributed by atoms with E-state index in [4.69, 9.17) is 9.47 Å². The number of likely N-dealkylation sites (N-methyl/N-ethyl adjacent to an activating group) is 1. The quantitative estimate of drug-likeness (QED) is 0.797. The second kappa shape index (κ2) is 8.15. The molecule has 0 bridgehead atoms. The number of methoxy groups -OCH3 is 2. The smallest absolute Gasteiger partial charge is 0.242 e. The van der Waals surface area contributed by atoms with Crippen LogP contribution in [0.15, 0.2) is 18.2 Å². The molecule has 2 heterocycles. The first-order chi connectivity index (χ1) is 12.6. The van der Waals surface area contributed by atoms with Gasteiger partial charge in [-0.1, -0.05) is 0 Å². The van der Waals surface area contributed by atoms with Crippen LogP contribution in [0.3, 0.4) is 0 Å². The van der Waals surface area contributed by atoms with Crippen LogP contribution >= 0.6 is 0 Å². The van der Waals surface area contributed by atoms with Gasteiger partial charge in [0.25, 0.3) is 0 Å². The molecule has 26 heavy (non-hydrogen) atoms. The summed E-state index contributed by atoms with van der Waals surface area (Å²) in [4.78, 5) is 15.5. The van der Waals surface area contributed by atoms with E-state index in [2.05, 4.69) is 42.7 Å². The molecule has 0 aliphatic carbocycles. The number of benzene rings is 1. The van der Waals surface area contributed by atoms with Crippen LogP contribution in [0.2, 0.25) is 0 Å². The molecule has 0 atom stereocenters. The van der Waals surface area contributed by atoms with Crippen LogP contribution in [0, 0.1) is 6.92 Å². The van der Waals surface area contributed by atoms with E-state index in [1.54, 1.807) is 20.3 Å². The largest absolute Gasteiger partial charge is 0.497 e. The molecule has 140 valence electrons. The van der Waals surface area contributed by atoms with Gasteiger partial charge in [-0.2, -0.15) is 15.0 Å². The fourth-order valence-corrected chi connectivity index (χ4v) is 2.67. The van der Waals surface area contributed by atoms with E-state index in [1.807, 2.05) is 19.1 Å². The maximum absolute atomic E-state index is 5.41. The Kier molecular flexibility index (Phi) is 5.69. The molecule has 0 amide bonds. The van der Waals surface area contributed by atoms with E-state index >= 15 is 0 Å². The van der Waals surface area contributed by atoms with Crippen LogP contribution in [0.5, 0.6) is 11.5 Å². The summed E-state index contributed by atoms with van der Waals surface area (Å²) in [7, 11) is 5.35. The molecule has 1 aliphatic heterocycles. The van der Waals surface area contributed by atoms with Crippen molar-refractivity contribution in [2.24, 2.45) is 0 Å². The maximum Gasteiger partial charge on any atom is 0.242 e. The van der Waals surface area contributed by atoms with Crippen molar-refractivity contribution in [3.8, 4) is 11.5 Å². The van der Waals surface area contributed by atoms with E-state index < -0.39 is 0 Å². The Balaban J connectivity index is 1.75. The van der Waals surface area contributed by atoms with Crippen molar-refractivity contribution in [2.75, 3.05) is 58.2 Å². The Bertz CT molecular complexity index is 748. The molecule has 1 aromatic heterocycles. The molecular weight excluding hydrogens is 334 g/mol. The number of aromatic nitrogens is 3. The summed E-state index contributed by atoms with van der Waals surface area (Å²) in [5, 5.41) is 5.31. The molecule has 1 aromatic carbocycles. The normalized spacial score (nSPS) is 15.5. The standard InChI is InChI=1S/C17H25N7O2/c1-12-18-16(20-14-6-5-13(25-3)11-15(14)26-4)21-17(19-12)22-24-9-7-23(2)8-10-24/h5-6,11H,7-10H2,1-4H3,(H2,18,19,20,21,22). The van der Waals surface area contributed by atoms with E-state index in [1.165, 1.54) is 0 Å². The van der Waals surface area contributed by atoms with Gasteiger partial charge in [-0.05, 0) is 26.1 Å². The van der Waals surface area contributed by atoms with Gasteiger partial charge in [0.1, 0.15) is 17.3 Å². The molecule has 0 spiro atoms. The Morgan fingerprint density at radius 2 is 1.69 bits per heavy atom. The number of aryl methyl sites for hydroxylation is 1. The Morgan fingerprint density at radius 1 is 0.962 bits per heavy atom. The highest BCUT2D eigenvalue weighted by atomic mass is 16.5. The molecule has 9 nitrogen and oxygen atoms in total. The maximum atomic E-state index is 5.41. The van der Waals surface area contributed by atoms with Crippen molar-refractivity contribution < 1.29 is 9.47 Å². The highest BCUT2D eigenvalue weighted by molar-refractivity contribution is 5.64. The summed E-state index contributed by atoms with van der Waals surface area (Å²) >= 11 is 0. The number of hydrogen-bond donors (Lipinski definition) is 2. The highest BCUT2D eigenvalue weighted by Crippen LogP contribution is 2.30. The Labute approximate surface area is 153 Å². The average Bonchev–Trinajstić information content (AvgIpc) is 2.63. The molecule has 1 fully saturated rings. The number of nitrogens with one attached hydrogen (secondary N) is 2. The van der Waals surface area contributed by atoms with Crippen molar-refractivity contribution >= 4 is 17.6 Å². The average molecular weight is 359 g/mol. The van der Waals surface area contributed by atoms with Gasteiger partial charge in [0.2, 0.25) is 11.9 Å². The van der Waals surface area contributed by atoms with Crippen molar-refractivity contribution in [1.82, 2.24) is 24.9 Å². The lowest BCUT2D eigenvalue weighted by Gasteiger charge is -2.32. The number of hydrazine groups is 1. The van der Waals surface area contributed by atoms with Crippen LogP contribution < -0.4 is 20.2 Å². The van der Waals surface area contributed by atoms with Crippen LogP contribution in [0.4, 0.5) is 17.6 Å². The third kappa shape index (κ3) is 4.50. The fraction of sp³-hybridized carbons (Fsp3) is 0.471. The van der Waals surface area contributed by atoms with Gasteiger partial charge in [-0.25, -0.2) is 5.01 Å². The predicted octanol–water partition coefficient (Wildman–Crippen LogP) is 1.52. The number of anilines is 3. The van der Waals surface area contributed by atoms with Crippen molar-refractivity contribution in [3.05, 3.63) is 24.0 Å². The molecular formula is C17H25N7O2. The van der Waals surface area contributed by atoms with Crippen LogP contribution in [-0.2, 0) is 0 Å². The molecule has 1 aliphatic rings. The highest BCUT2D eigenvalue weighted by Gasteiger charge is 2.15. The molecule has 2 aromatic rings. The number of hydrogen-bond acceptors (Lipinski definition) is 9. The minimum absolute atomic E-state index is 0.456. The van der Waals surface area contributed by atoms with E-state index in [0.29, 0.717) is 23.5 Å². The van der Waals surface area contributed by atoms with Gasteiger partial charge in [0.15, 0.2) is 0 Å². The zero-order valence-electron chi connectivity index (χ0n) is 15.6. The first kappa shape index (κ1) is 18.2. The number of ether oxygens (including phenoxy) is 2. The second-order valence-electron chi connectivity index (χ2n) is 6.12. The minimum atomic E-state index is 0.456. The number of piperazine rings is 1. The summed E-state index contributed by atoms with van der Waals surface area (Å²) in [6.07, 6.45) is 0. The second-order valence-corrected chi connectivity index (χ2v) is 6.12. The lowest BCUT2D eigenvalue weighted by atomic mass is 10.2. The SMILES string of the molecule is COc1ccc(Nc2nc(C)nc(NN3CCN(C)CC3)n2)c(OC)c1. The number of rotatable bonds is 6. The molecule has 0 unspecified atom stereocenters. The van der Waals surface area contributed by atoms with Crippen molar-refractivity contribution in [1.29, 1.82) is 0 Å². The zero-order valence-corrected chi connectivity index (χ0v) is 15.6. The fourth-order valence-electron chi connectivity index (χ4n) is 2.67. The lowest BCUT2D eigenvalue weighted by molar-refractivity contribution is 0.178. The Hall–Kier alpha value is -2.65. The van der Waals surface area contributed by atoms with Gasteiger partial charge in [0, 0.05) is 32.2 Å². The van der Waals surface area contributed by atoms with Crippen LogP contribution in [0.25, 0.3) is 0 Å². The van der Waals surface area contributed by atoms with Gasteiger partial charge >= 0.3 is 0 Å². The Morgan fingerprint density at radius 3 is 2.38 bits per heavy atom. The molecule has 0 radical (unpaired) electrons. The van der Waals surface area contributed by atoms with Gasteiger partial charge < -0.3 is 19.7 Å². The molecule has 1 saturated heterocycles. The predicted molar refractivity (Wildman–Crippen MR) is 100 cm³/mol. The first-order valence-corrected chi connectivity index (χ1v) is 8.49. The number of nitrogens with zero attached hydrogens (tertiary/aromatic N) is 5. The summed E-state index contributed by atoms with van der Waals surface area (Å²) in [6.45, 7) is 5.68. The van der Waals surface area contributed by atoms with Crippen molar-refractivity contribution in [2.45, 2.75) is 6.92 Å². The van der Waals surface area contributed by atoms with E-state index in [-0.39, 0.29) is 0 Å². The molecule has 3 rings (SSSR count). The minimum Gasteiger partial charge on any atom is -0.497 e. The first-order valence-electron chi connectivity index (χ1n) is 8.49.